The lowest BCUT2D eigenvalue weighted by Crippen LogP contribution is -2.54. The van der Waals surface area contributed by atoms with E-state index in [-0.39, 0.29) is 27.0 Å². The van der Waals surface area contributed by atoms with Crippen molar-refractivity contribution >= 4 is 69.8 Å². The van der Waals surface area contributed by atoms with Crippen LogP contribution in [0.4, 0.5) is 11.4 Å². The third kappa shape index (κ3) is 3.82. The molecule has 27 heavy (non-hydrogen) atoms. The van der Waals surface area contributed by atoms with Gasteiger partial charge in [0.05, 0.1) is 10.6 Å². The highest BCUT2D eigenvalue weighted by atomic mass is 35.5. The number of hydrogen-bond donors (Lipinski definition) is 1. The minimum absolute atomic E-state index is 0.0883. The average Bonchev–Trinajstić information content (AvgIpc) is 2.61. The van der Waals surface area contributed by atoms with Gasteiger partial charge < -0.3 is 0 Å². The summed E-state index contributed by atoms with van der Waals surface area (Å²) in [6.07, 6.45) is 1.19. The molecule has 3 rings (SSSR count). The third-order valence-corrected chi connectivity index (χ3v) is 4.56. The second kappa shape index (κ2) is 7.43. The first-order valence-electron chi connectivity index (χ1n) is 7.39. The second-order valence-corrected chi connectivity index (χ2v) is 6.63. The molecule has 0 bridgehead atoms. The first-order chi connectivity index (χ1) is 12.8. The zero-order valence-electron chi connectivity index (χ0n) is 13.3. The number of non-ortho nitro benzene ring substituents is 1. The van der Waals surface area contributed by atoms with Crippen LogP contribution < -0.4 is 10.2 Å². The van der Waals surface area contributed by atoms with Crippen molar-refractivity contribution in [2.24, 2.45) is 0 Å². The summed E-state index contributed by atoms with van der Waals surface area (Å²) < 4.78 is 0. The second-order valence-electron chi connectivity index (χ2n) is 5.40. The van der Waals surface area contributed by atoms with Crippen LogP contribution in [0.25, 0.3) is 6.08 Å². The molecule has 2 amide bonds. The molecular formula is C17H9Cl2N3O4S. The summed E-state index contributed by atoms with van der Waals surface area (Å²) in [6.45, 7) is 0. The number of rotatable bonds is 3. The van der Waals surface area contributed by atoms with E-state index in [0.29, 0.717) is 10.7 Å². The predicted octanol–water partition coefficient (Wildman–Crippen LogP) is 3.73. The number of nitrogens with zero attached hydrogens (tertiary/aromatic N) is 2. The number of amides is 2. The van der Waals surface area contributed by atoms with Gasteiger partial charge in [0.25, 0.3) is 17.5 Å². The van der Waals surface area contributed by atoms with Gasteiger partial charge in [0.2, 0.25) is 0 Å². The van der Waals surface area contributed by atoms with E-state index >= 15 is 0 Å². The molecule has 7 nitrogen and oxygen atoms in total. The van der Waals surface area contributed by atoms with Crippen molar-refractivity contribution in [3.63, 3.8) is 0 Å². The van der Waals surface area contributed by atoms with E-state index < -0.39 is 16.7 Å². The molecule has 1 heterocycles. The molecule has 0 spiro atoms. The zero-order valence-corrected chi connectivity index (χ0v) is 15.6. The van der Waals surface area contributed by atoms with Crippen molar-refractivity contribution < 1.29 is 14.5 Å². The minimum atomic E-state index is -0.724. The summed E-state index contributed by atoms with van der Waals surface area (Å²) in [7, 11) is 0. The number of carbonyl (C=O) groups is 2. The molecule has 0 unspecified atom stereocenters. The molecule has 2 aromatic rings. The highest BCUT2D eigenvalue weighted by molar-refractivity contribution is 7.80. The monoisotopic (exact) mass is 421 g/mol. The van der Waals surface area contributed by atoms with Crippen LogP contribution >= 0.6 is 35.4 Å². The highest BCUT2D eigenvalue weighted by Gasteiger charge is 2.34. The van der Waals surface area contributed by atoms with Crippen molar-refractivity contribution in [3.8, 4) is 0 Å². The molecule has 1 fully saturated rings. The molecule has 1 saturated heterocycles. The third-order valence-electron chi connectivity index (χ3n) is 3.68. The van der Waals surface area contributed by atoms with Gasteiger partial charge in [-0.3, -0.25) is 29.9 Å². The molecule has 0 saturated carbocycles. The summed E-state index contributed by atoms with van der Waals surface area (Å²) in [5.74, 6) is -1.41. The quantitative estimate of drug-likeness (QED) is 0.268. The summed E-state index contributed by atoms with van der Waals surface area (Å²) in [4.78, 5) is 36.6. The van der Waals surface area contributed by atoms with Crippen LogP contribution in [0.3, 0.4) is 0 Å². The van der Waals surface area contributed by atoms with Gasteiger partial charge in [-0.05, 0) is 48.6 Å². The van der Waals surface area contributed by atoms with Gasteiger partial charge in [-0.15, -0.1) is 0 Å². The Labute approximate surface area is 168 Å². The van der Waals surface area contributed by atoms with E-state index in [2.05, 4.69) is 5.32 Å². The number of nitrogens with one attached hydrogen (secondary N) is 1. The standard InChI is InChI=1S/C17H9Cl2N3O4S/c18-10-1-3-11(4-2-10)21-16(24)13(15(23)20-17(21)27)8-9-7-12(22(25)26)5-6-14(9)19/h1-8H,(H,20,23,27). The largest absolute Gasteiger partial charge is 0.298 e. The molecule has 1 N–H and O–H groups in total. The van der Waals surface area contributed by atoms with Crippen LogP contribution in [0.5, 0.6) is 0 Å². The molecular weight excluding hydrogens is 413 g/mol. The van der Waals surface area contributed by atoms with E-state index in [4.69, 9.17) is 35.4 Å². The van der Waals surface area contributed by atoms with E-state index in [0.717, 1.165) is 4.90 Å². The van der Waals surface area contributed by atoms with Crippen molar-refractivity contribution in [2.45, 2.75) is 0 Å². The normalized spacial score (nSPS) is 15.9. The van der Waals surface area contributed by atoms with E-state index in [9.17, 15) is 19.7 Å². The number of thiocarbonyl (C=S) groups is 1. The fourth-order valence-corrected chi connectivity index (χ4v) is 2.97. The van der Waals surface area contributed by atoms with E-state index in [1.165, 1.54) is 24.3 Å². The van der Waals surface area contributed by atoms with Crippen molar-refractivity contribution in [2.75, 3.05) is 4.90 Å². The van der Waals surface area contributed by atoms with Gasteiger partial charge in [-0.25, -0.2) is 0 Å². The molecule has 2 aromatic carbocycles. The van der Waals surface area contributed by atoms with Gasteiger partial charge >= 0.3 is 0 Å². The number of nitro groups is 1. The smallest absolute Gasteiger partial charge is 0.270 e. The van der Waals surface area contributed by atoms with Gasteiger partial charge in [0.1, 0.15) is 5.57 Å². The minimum Gasteiger partial charge on any atom is -0.298 e. The summed E-state index contributed by atoms with van der Waals surface area (Å²) in [6, 6.07) is 10.0. The van der Waals surface area contributed by atoms with Crippen LogP contribution in [0, 0.1) is 10.1 Å². The zero-order chi connectivity index (χ0) is 19.7. The van der Waals surface area contributed by atoms with Gasteiger partial charge in [-0.1, -0.05) is 23.2 Å². The predicted molar refractivity (Wildman–Crippen MR) is 106 cm³/mol. The Balaban J connectivity index is 2.06. The SMILES string of the molecule is O=C1NC(=S)N(c2ccc(Cl)cc2)C(=O)C1=Cc1cc([N+](=O)[O-])ccc1Cl. The van der Waals surface area contributed by atoms with Crippen molar-refractivity contribution in [3.05, 3.63) is 73.8 Å². The number of benzene rings is 2. The maximum absolute atomic E-state index is 12.9. The summed E-state index contributed by atoms with van der Waals surface area (Å²) in [5, 5.41) is 13.9. The molecule has 136 valence electrons. The Hall–Kier alpha value is -2.81. The molecule has 0 atom stereocenters. The number of nitro benzene ring substituents is 1. The number of carbonyl (C=O) groups excluding carboxylic acids is 2. The number of hydrogen-bond acceptors (Lipinski definition) is 5. The van der Waals surface area contributed by atoms with Gasteiger partial charge in [0.15, 0.2) is 5.11 Å². The molecule has 0 radical (unpaired) electrons. The Morgan fingerprint density at radius 1 is 1.11 bits per heavy atom. The lowest BCUT2D eigenvalue weighted by Gasteiger charge is -2.29. The maximum Gasteiger partial charge on any atom is 0.270 e. The van der Waals surface area contributed by atoms with Crippen LogP contribution in [0.15, 0.2) is 48.0 Å². The van der Waals surface area contributed by atoms with Crippen LogP contribution in [-0.2, 0) is 9.59 Å². The lowest BCUT2D eigenvalue weighted by atomic mass is 10.1. The lowest BCUT2D eigenvalue weighted by molar-refractivity contribution is -0.384. The van der Waals surface area contributed by atoms with Crippen LogP contribution in [0.2, 0.25) is 10.0 Å². The Bertz CT molecular complexity index is 1020. The maximum atomic E-state index is 12.9. The first-order valence-corrected chi connectivity index (χ1v) is 8.55. The number of anilines is 1. The topological polar surface area (TPSA) is 92.6 Å². The fraction of sp³-hybridized carbons (Fsp3) is 0. The molecule has 1 aliphatic rings. The molecule has 0 aliphatic carbocycles. The van der Waals surface area contributed by atoms with E-state index in [1.54, 1.807) is 24.3 Å². The molecule has 1 aliphatic heterocycles. The first kappa shape index (κ1) is 19.0. The summed E-state index contributed by atoms with van der Waals surface area (Å²) >= 11 is 17.0. The fourth-order valence-electron chi connectivity index (χ4n) is 2.39. The van der Waals surface area contributed by atoms with Crippen molar-refractivity contribution in [1.29, 1.82) is 0 Å². The van der Waals surface area contributed by atoms with E-state index in [1.807, 2.05) is 0 Å². The Kier molecular flexibility index (Phi) is 5.22. The summed E-state index contributed by atoms with van der Waals surface area (Å²) in [5.41, 5.74) is 0.0830. The van der Waals surface area contributed by atoms with Crippen LogP contribution in [-0.4, -0.2) is 21.9 Å². The Morgan fingerprint density at radius 2 is 1.78 bits per heavy atom. The van der Waals surface area contributed by atoms with Gasteiger partial charge in [0, 0.05) is 27.7 Å². The Morgan fingerprint density at radius 3 is 2.41 bits per heavy atom. The van der Waals surface area contributed by atoms with Crippen LogP contribution in [0.1, 0.15) is 5.56 Å². The average molecular weight is 422 g/mol. The van der Waals surface area contributed by atoms with Crippen molar-refractivity contribution in [1.82, 2.24) is 5.32 Å². The number of halogens is 2. The molecule has 10 heteroatoms. The highest BCUT2D eigenvalue weighted by Crippen LogP contribution is 2.27. The molecule has 0 aromatic heterocycles. The van der Waals surface area contributed by atoms with Gasteiger partial charge in [-0.2, -0.15) is 0 Å².